The molecule has 0 spiro atoms. The summed E-state index contributed by atoms with van der Waals surface area (Å²) in [6.45, 7) is 1.93. The van der Waals surface area contributed by atoms with Gasteiger partial charge in [-0.05, 0) is 46.6 Å². The summed E-state index contributed by atoms with van der Waals surface area (Å²) in [6, 6.07) is 8.27. The zero-order valence-electron chi connectivity index (χ0n) is 15.8. The fourth-order valence-corrected chi connectivity index (χ4v) is 2.82. The van der Waals surface area contributed by atoms with E-state index in [1.54, 1.807) is 0 Å². The molecule has 0 atom stereocenters. The molecule has 0 fully saturated rings. The number of rotatable bonds is 9. The summed E-state index contributed by atoms with van der Waals surface area (Å²) in [5, 5.41) is 13.1. The van der Waals surface area contributed by atoms with Crippen LogP contribution >= 0.6 is 15.9 Å². The summed E-state index contributed by atoms with van der Waals surface area (Å²) < 4.78 is 16.4. The first kappa shape index (κ1) is 22.2. The minimum Gasteiger partial charge on any atom is -0.493 e. The van der Waals surface area contributed by atoms with Crippen LogP contribution in [-0.2, 0) is 9.53 Å². The predicted octanol–water partition coefficient (Wildman–Crippen LogP) is 3.95. The van der Waals surface area contributed by atoms with Crippen molar-refractivity contribution in [1.29, 1.82) is 0 Å². The Kier molecular flexibility index (Phi) is 7.96. The van der Waals surface area contributed by atoms with E-state index in [4.69, 9.17) is 14.2 Å². The molecule has 0 aliphatic carbocycles. The fraction of sp³-hybridized carbons (Fsp3) is 0.263. The van der Waals surface area contributed by atoms with Gasteiger partial charge >= 0.3 is 5.97 Å². The Hall–Kier alpha value is -3.14. The van der Waals surface area contributed by atoms with E-state index in [9.17, 15) is 19.7 Å². The first-order valence-electron chi connectivity index (χ1n) is 8.57. The van der Waals surface area contributed by atoms with Crippen LogP contribution in [0.1, 0.15) is 23.7 Å². The number of nitro groups is 1. The molecular formula is C19H19BrN2O7. The molecule has 10 heteroatoms. The van der Waals surface area contributed by atoms with Gasteiger partial charge in [0.05, 0.1) is 28.7 Å². The number of nitrogens with one attached hydrogen (secondary N) is 1. The normalized spacial score (nSPS) is 10.2. The van der Waals surface area contributed by atoms with Crippen molar-refractivity contribution in [2.24, 2.45) is 0 Å². The average Bonchev–Trinajstić information content (AvgIpc) is 2.70. The Bertz CT molecular complexity index is 900. The van der Waals surface area contributed by atoms with Gasteiger partial charge < -0.3 is 19.5 Å². The van der Waals surface area contributed by atoms with E-state index in [0.29, 0.717) is 28.3 Å². The van der Waals surface area contributed by atoms with Crippen LogP contribution in [0, 0.1) is 10.1 Å². The van der Waals surface area contributed by atoms with Gasteiger partial charge in [-0.15, -0.1) is 0 Å². The fourth-order valence-electron chi connectivity index (χ4n) is 2.26. The summed E-state index contributed by atoms with van der Waals surface area (Å²) in [7, 11) is 1.45. The van der Waals surface area contributed by atoms with Crippen molar-refractivity contribution in [3.05, 3.63) is 56.5 Å². The molecule has 0 aromatic heterocycles. The largest absolute Gasteiger partial charge is 0.493 e. The third-order valence-electron chi connectivity index (χ3n) is 3.61. The number of benzene rings is 2. The first-order chi connectivity index (χ1) is 13.8. The van der Waals surface area contributed by atoms with E-state index >= 15 is 0 Å². The van der Waals surface area contributed by atoms with Crippen molar-refractivity contribution < 1.29 is 28.7 Å². The maximum Gasteiger partial charge on any atom is 0.338 e. The molecule has 2 rings (SSSR count). The minimum absolute atomic E-state index is 0.0969. The molecule has 29 heavy (non-hydrogen) atoms. The summed E-state index contributed by atoms with van der Waals surface area (Å²) in [6.07, 6.45) is 0.809. The highest BCUT2D eigenvalue weighted by Crippen LogP contribution is 2.37. The Morgan fingerprint density at radius 1 is 1.21 bits per heavy atom. The molecule has 0 heterocycles. The number of hydrogen-bond donors (Lipinski definition) is 1. The third kappa shape index (κ3) is 6.18. The number of anilines is 1. The maximum absolute atomic E-state index is 12.3. The highest BCUT2D eigenvalue weighted by molar-refractivity contribution is 9.10. The SMILES string of the molecule is CCCOc1c(Br)cc(C(=O)OCC(=O)Nc2ccc([N+](=O)[O-])cc2)cc1OC. The Balaban J connectivity index is 1.98. The predicted molar refractivity (Wildman–Crippen MR) is 108 cm³/mol. The van der Waals surface area contributed by atoms with Crippen molar-refractivity contribution in [3.8, 4) is 11.5 Å². The highest BCUT2D eigenvalue weighted by Gasteiger charge is 2.17. The van der Waals surface area contributed by atoms with Crippen molar-refractivity contribution in [2.45, 2.75) is 13.3 Å². The van der Waals surface area contributed by atoms with Crippen LogP contribution in [0.15, 0.2) is 40.9 Å². The van der Waals surface area contributed by atoms with Crippen LogP contribution < -0.4 is 14.8 Å². The number of carbonyl (C=O) groups is 2. The lowest BCUT2D eigenvalue weighted by molar-refractivity contribution is -0.384. The van der Waals surface area contributed by atoms with Gasteiger partial charge in [0.2, 0.25) is 0 Å². The number of methoxy groups -OCH3 is 1. The second-order valence-corrected chi connectivity index (χ2v) is 6.62. The minimum atomic E-state index is -0.718. The zero-order chi connectivity index (χ0) is 21.4. The molecule has 2 aromatic carbocycles. The maximum atomic E-state index is 12.3. The average molecular weight is 467 g/mol. The summed E-state index contributed by atoms with van der Waals surface area (Å²) >= 11 is 3.34. The Labute approximate surface area is 175 Å². The number of carbonyl (C=O) groups excluding carboxylic acids is 2. The van der Waals surface area contributed by atoms with Gasteiger partial charge in [0.15, 0.2) is 18.1 Å². The second kappa shape index (κ2) is 10.4. The van der Waals surface area contributed by atoms with Crippen LogP contribution in [0.2, 0.25) is 0 Å². The van der Waals surface area contributed by atoms with Crippen molar-refractivity contribution in [3.63, 3.8) is 0 Å². The summed E-state index contributed by atoms with van der Waals surface area (Å²) in [5.74, 6) is -0.469. The van der Waals surface area contributed by atoms with Gasteiger partial charge in [-0.3, -0.25) is 14.9 Å². The number of nitro benzene ring substituents is 1. The van der Waals surface area contributed by atoms with E-state index < -0.39 is 23.4 Å². The van der Waals surface area contributed by atoms with Gasteiger partial charge in [-0.1, -0.05) is 6.92 Å². The van der Waals surface area contributed by atoms with E-state index in [1.807, 2.05) is 6.92 Å². The molecule has 9 nitrogen and oxygen atoms in total. The second-order valence-electron chi connectivity index (χ2n) is 5.77. The molecule has 0 radical (unpaired) electrons. The zero-order valence-corrected chi connectivity index (χ0v) is 17.4. The van der Waals surface area contributed by atoms with E-state index in [-0.39, 0.29) is 11.3 Å². The third-order valence-corrected chi connectivity index (χ3v) is 4.20. The standard InChI is InChI=1S/C19H19BrN2O7/c1-3-8-28-18-15(20)9-12(10-16(18)27-2)19(24)29-11-17(23)21-13-4-6-14(7-5-13)22(25)26/h4-7,9-10H,3,8,11H2,1-2H3,(H,21,23). The van der Waals surface area contributed by atoms with Crippen LogP contribution in [-0.4, -0.2) is 37.1 Å². The van der Waals surface area contributed by atoms with Crippen molar-refractivity contribution in [1.82, 2.24) is 0 Å². The van der Waals surface area contributed by atoms with Crippen LogP contribution in [0.4, 0.5) is 11.4 Å². The topological polar surface area (TPSA) is 117 Å². The number of nitrogens with zero attached hydrogens (tertiary/aromatic N) is 1. The lowest BCUT2D eigenvalue weighted by Gasteiger charge is -2.13. The monoisotopic (exact) mass is 466 g/mol. The van der Waals surface area contributed by atoms with E-state index in [1.165, 1.54) is 43.5 Å². The number of amides is 1. The number of halogens is 1. The van der Waals surface area contributed by atoms with Gasteiger partial charge in [0.25, 0.3) is 11.6 Å². The van der Waals surface area contributed by atoms with Gasteiger partial charge in [0, 0.05) is 17.8 Å². The van der Waals surface area contributed by atoms with E-state index in [2.05, 4.69) is 21.2 Å². The number of hydrogen-bond acceptors (Lipinski definition) is 7. The number of non-ortho nitro benzene ring substituents is 1. The molecule has 0 saturated heterocycles. The first-order valence-corrected chi connectivity index (χ1v) is 9.36. The lowest BCUT2D eigenvalue weighted by atomic mass is 10.2. The van der Waals surface area contributed by atoms with Gasteiger partial charge in [0.1, 0.15) is 0 Å². The highest BCUT2D eigenvalue weighted by atomic mass is 79.9. The Morgan fingerprint density at radius 2 is 1.90 bits per heavy atom. The summed E-state index contributed by atoms with van der Waals surface area (Å²) in [4.78, 5) is 34.3. The van der Waals surface area contributed by atoms with E-state index in [0.717, 1.165) is 6.42 Å². The van der Waals surface area contributed by atoms with Crippen LogP contribution in [0.5, 0.6) is 11.5 Å². The lowest BCUT2D eigenvalue weighted by Crippen LogP contribution is -2.21. The van der Waals surface area contributed by atoms with Gasteiger partial charge in [-0.2, -0.15) is 0 Å². The Morgan fingerprint density at radius 3 is 2.48 bits per heavy atom. The van der Waals surface area contributed by atoms with Gasteiger partial charge in [-0.25, -0.2) is 4.79 Å². The molecule has 0 saturated carbocycles. The molecule has 0 aliphatic heterocycles. The van der Waals surface area contributed by atoms with Crippen molar-refractivity contribution in [2.75, 3.05) is 25.6 Å². The molecule has 1 N–H and O–H groups in total. The number of esters is 1. The van der Waals surface area contributed by atoms with Crippen LogP contribution in [0.25, 0.3) is 0 Å². The molecular weight excluding hydrogens is 448 g/mol. The number of ether oxygens (including phenoxy) is 3. The summed E-state index contributed by atoms with van der Waals surface area (Å²) in [5.41, 5.74) is 0.430. The smallest absolute Gasteiger partial charge is 0.338 e. The molecule has 0 unspecified atom stereocenters. The molecule has 2 aromatic rings. The molecule has 0 aliphatic rings. The molecule has 154 valence electrons. The quantitative estimate of drug-likeness (QED) is 0.337. The molecule has 1 amide bonds. The van der Waals surface area contributed by atoms with Crippen molar-refractivity contribution >= 4 is 39.2 Å². The van der Waals surface area contributed by atoms with Crippen LogP contribution in [0.3, 0.4) is 0 Å². The molecule has 0 bridgehead atoms.